The van der Waals surface area contributed by atoms with E-state index in [0.29, 0.717) is 0 Å². The molecular formula is C5H10N2O4. The maximum atomic E-state index is 10.3. The van der Waals surface area contributed by atoms with Crippen LogP contribution >= 0.6 is 0 Å². The Morgan fingerprint density at radius 3 is 1.64 bits per heavy atom. The van der Waals surface area contributed by atoms with Crippen LogP contribution in [0.3, 0.4) is 0 Å². The van der Waals surface area contributed by atoms with Gasteiger partial charge >= 0.3 is 11.9 Å². The second kappa shape index (κ2) is 5.63. The minimum atomic E-state index is -0.630. The molecule has 0 atom stereocenters. The van der Waals surface area contributed by atoms with Crippen LogP contribution < -0.4 is 11.5 Å². The summed E-state index contributed by atoms with van der Waals surface area (Å²) in [6, 6.07) is 0. The molecule has 0 aliphatic carbocycles. The first-order valence-electron chi connectivity index (χ1n) is 2.92. The van der Waals surface area contributed by atoms with E-state index in [9.17, 15) is 9.59 Å². The zero-order valence-corrected chi connectivity index (χ0v) is 5.91. The summed E-state index contributed by atoms with van der Waals surface area (Å²) in [5.41, 5.74) is 9.76. The Bertz CT molecular complexity index is 131. The molecule has 0 fully saturated rings. The van der Waals surface area contributed by atoms with Crippen LogP contribution in [0.2, 0.25) is 0 Å². The van der Waals surface area contributed by atoms with Gasteiger partial charge in [-0.15, -0.1) is 0 Å². The minimum absolute atomic E-state index is 0.236. The molecule has 0 amide bonds. The highest BCUT2D eigenvalue weighted by Gasteiger charge is 2.00. The van der Waals surface area contributed by atoms with Gasteiger partial charge in [0.25, 0.3) is 0 Å². The molecule has 0 spiro atoms. The number of nitrogens with two attached hydrogens (primary N) is 2. The molecule has 0 unspecified atom stereocenters. The predicted molar refractivity (Wildman–Crippen MR) is 35.2 cm³/mol. The number of esters is 2. The van der Waals surface area contributed by atoms with Crippen molar-refractivity contribution in [2.45, 2.75) is 0 Å². The normalized spacial score (nSPS) is 8.91. The maximum absolute atomic E-state index is 10.3. The van der Waals surface area contributed by atoms with Gasteiger partial charge in [0.1, 0.15) is 0 Å². The number of hydrogen-bond donors (Lipinski definition) is 2. The van der Waals surface area contributed by atoms with Gasteiger partial charge in [-0.1, -0.05) is 0 Å². The van der Waals surface area contributed by atoms with Crippen LogP contribution in [0.15, 0.2) is 0 Å². The molecule has 0 saturated carbocycles. The lowest BCUT2D eigenvalue weighted by Crippen LogP contribution is -2.22. The van der Waals surface area contributed by atoms with E-state index in [1.165, 1.54) is 0 Å². The van der Waals surface area contributed by atoms with E-state index in [2.05, 4.69) is 9.47 Å². The molecule has 0 aromatic rings. The number of carbonyl (C=O) groups excluding carboxylic acids is 2. The minimum Gasteiger partial charge on any atom is -0.427 e. The summed E-state index contributed by atoms with van der Waals surface area (Å²) in [5, 5.41) is 0. The average Bonchev–Trinajstić information content (AvgIpc) is 2.04. The molecule has 0 aromatic carbocycles. The van der Waals surface area contributed by atoms with Gasteiger partial charge in [-0.3, -0.25) is 9.59 Å². The maximum Gasteiger partial charge on any atom is 0.322 e. The first-order valence-corrected chi connectivity index (χ1v) is 2.92. The van der Waals surface area contributed by atoms with Crippen LogP contribution in [0.1, 0.15) is 0 Å². The Morgan fingerprint density at radius 2 is 1.36 bits per heavy atom. The predicted octanol–water partition coefficient (Wildman–Crippen LogP) is -2.05. The standard InChI is InChI=1S/C5H10N2O4/c6-1-4(8)10-3-11-5(9)2-7/h1-3,6-7H2. The van der Waals surface area contributed by atoms with Crippen LogP contribution in [0.5, 0.6) is 0 Å². The van der Waals surface area contributed by atoms with Crippen molar-refractivity contribution in [2.24, 2.45) is 11.5 Å². The van der Waals surface area contributed by atoms with E-state index in [-0.39, 0.29) is 13.1 Å². The van der Waals surface area contributed by atoms with E-state index >= 15 is 0 Å². The summed E-state index contributed by atoms with van der Waals surface area (Å²) < 4.78 is 8.60. The lowest BCUT2D eigenvalue weighted by molar-refractivity contribution is -0.165. The van der Waals surface area contributed by atoms with E-state index in [1.54, 1.807) is 0 Å². The summed E-state index contributed by atoms with van der Waals surface area (Å²) in [6.45, 7) is -0.896. The highest BCUT2D eigenvalue weighted by Crippen LogP contribution is 1.79. The van der Waals surface area contributed by atoms with Crippen molar-refractivity contribution in [3.05, 3.63) is 0 Å². The second-order valence-corrected chi connectivity index (χ2v) is 1.56. The van der Waals surface area contributed by atoms with Crippen molar-refractivity contribution >= 4 is 11.9 Å². The van der Waals surface area contributed by atoms with Crippen LogP contribution in [0.25, 0.3) is 0 Å². The SMILES string of the molecule is NCC(=O)OCOC(=O)CN. The number of ether oxygens (including phenoxy) is 2. The topological polar surface area (TPSA) is 105 Å². The quantitative estimate of drug-likeness (QED) is 0.364. The lowest BCUT2D eigenvalue weighted by Gasteiger charge is -2.02. The van der Waals surface area contributed by atoms with Gasteiger partial charge in [0.15, 0.2) is 0 Å². The first-order chi connectivity index (χ1) is 5.20. The van der Waals surface area contributed by atoms with Crippen LogP contribution in [0.4, 0.5) is 0 Å². The Kier molecular flexibility index (Phi) is 5.05. The molecule has 0 rings (SSSR count). The summed E-state index contributed by atoms with van der Waals surface area (Å²) in [7, 11) is 0. The smallest absolute Gasteiger partial charge is 0.322 e. The highest BCUT2D eigenvalue weighted by molar-refractivity contribution is 5.72. The van der Waals surface area contributed by atoms with Gasteiger partial charge in [0.2, 0.25) is 6.79 Å². The zero-order chi connectivity index (χ0) is 8.69. The fourth-order valence-electron chi connectivity index (χ4n) is 0.279. The van der Waals surface area contributed by atoms with Crippen molar-refractivity contribution in [1.82, 2.24) is 0 Å². The molecule has 0 saturated heterocycles. The van der Waals surface area contributed by atoms with Crippen LogP contribution in [-0.4, -0.2) is 31.8 Å². The molecule has 6 heteroatoms. The first kappa shape index (κ1) is 9.86. The van der Waals surface area contributed by atoms with E-state index in [4.69, 9.17) is 11.5 Å². The Morgan fingerprint density at radius 1 is 1.00 bits per heavy atom. The van der Waals surface area contributed by atoms with E-state index in [1.807, 2.05) is 0 Å². The number of carbonyl (C=O) groups is 2. The largest absolute Gasteiger partial charge is 0.427 e. The lowest BCUT2D eigenvalue weighted by atomic mass is 10.7. The summed E-state index contributed by atoms with van der Waals surface area (Å²) in [5.74, 6) is -1.26. The van der Waals surface area contributed by atoms with Crippen LogP contribution in [-0.2, 0) is 19.1 Å². The molecule has 0 aliphatic heterocycles. The second-order valence-electron chi connectivity index (χ2n) is 1.56. The third-order valence-electron chi connectivity index (χ3n) is 0.773. The molecule has 0 aliphatic rings. The van der Waals surface area contributed by atoms with E-state index in [0.717, 1.165) is 0 Å². The van der Waals surface area contributed by atoms with Gasteiger partial charge in [-0.05, 0) is 0 Å². The fraction of sp³-hybridized carbons (Fsp3) is 0.600. The molecule has 0 radical (unpaired) electrons. The Hall–Kier alpha value is -1.14. The van der Waals surface area contributed by atoms with Gasteiger partial charge in [0, 0.05) is 0 Å². The number of rotatable bonds is 4. The summed E-state index contributed by atoms with van der Waals surface area (Å²) >= 11 is 0. The third kappa shape index (κ3) is 5.31. The van der Waals surface area contributed by atoms with Crippen molar-refractivity contribution in [3.8, 4) is 0 Å². The molecule has 4 N–H and O–H groups in total. The van der Waals surface area contributed by atoms with Crippen molar-refractivity contribution in [3.63, 3.8) is 0 Å². The van der Waals surface area contributed by atoms with Crippen molar-refractivity contribution < 1.29 is 19.1 Å². The summed E-state index contributed by atoms with van der Waals surface area (Å²) in [6.07, 6.45) is 0. The van der Waals surface area contributed by atoms with Crippen LogP contribution in [0, 0.1) is 0 Å². The van der Waals surface area contributed by atoms with Crippen molar-refractivity contribution in [2.75, 3.05) is 19.9 Å². The molecule has 6 nitrogen and oxygen atoms in total. The van der Waals surface area contributed by atoms with Gasteiger partial charge < -0.3 is 20.9 Å². The summed E-state index contributed by atoms with van der Waals surface area (Å²) in [4.78, 5) is 20.6. The average molecular weight is 162 g/mol. The molecule has 0 bridgehead atoms. The molecule has 0 aromatic heterocycles. The molecular weight excluding hydrogens is 152 g/mol. The van der Waals surface area contributed by atoms with Gasteiger partial charge in [0.05, 0.1) is 13.1 Å². The van der Waals surface area contributed by atoms with Gasteiger partial charge in [-0.2, -0.15) is 0 Å². The Labute approximate surface area is 63.4 Å². The van der Waals surface area contributed by atoms with E-state index < -0.39 is 18.7 Å². The van der Waals surface area contributed by atoms with Gasteiger partial charge in [-0.25, -0.2) is 0 Å². The molecule has 0 heterocycles. The van der Waals surface area contributed by atoms with Crippen molar-refractivity contribution in [1.29, 1.82) is 0 Å². The molecule has 64 valence electrons. The zero-order valence-electron chi connectivity index (χ0n) is 5.91. The Balaban J connectivity index is 3.27. The monoisotopic (exact) mass is 162 g/mol. The fourth-order valence-corrected chi connectivity index (χ4v) is 0.279. The number of hydrogen-bond acceptors (Lipinski definition) is 6. The highest BCUT2D eigenvalue weighted by atomic mass is 16.7. The third-order valence-corrected chi connectivity index (χ3v) is 0.773. The molecule has 11 heavy (non-hydrogen) atoms.